The molecule has 3 nitrogen and oxygen atoms in total. The van der Waals surface area contributed by atoms with Gasteiger partial charge in [0.25, 0.3) is 5.56 Å². The van der Waals surface area contributed by atoms with Crippen molar-refractivity contribution in [2.75, 3.05) is 0 Å². The number of aryl methyl sites for hydroxylation is 1. The maximum atomic E-state index is 12.5. The van der Waals surface area contributed by atoms with Gasteiger partial charge < -0.3 is 4.57 Å². The minimum atomic E-state index is -0.0746. The lowest BCUT2D eigenvalue weighted by Gasteiger charge is -2.05. The molecule has 2 aromatic carbocycles. The third-order valence-electron chi connectivity index (χ3n) is 3.81. The molecule has 24 heavy (non-hydrogen) atoms. The van der Waals surface area contributed by atoms with Gasteiger partial charge in [-0.1, -0.05) is 48.2 Å². The van der Waals surface area contributed by atoms with Crippen molar-refractivity contribution < 1.29 is 0 Å². The van der Waals surface area contributed by atoms with Crippen LogP contribution in [0.15, 0.2) is 65.6 Å². The summed E-state index contributed by atoms with van der Waals surface area (Å²) >= 11 is 0. The highest BCUT2D eigenvalue weighted by Crippen LogP contribution is 2.12. The van der Waals surface area contributed by atoms with E-state index in [1.54, 1.807) is 10.8 Å². The first-order valence-electron chi connectivity index (χ1n) is 7.81. The number of rotatable bonds is 3. The average molecular weight is 312 g/mol. The lowest BCUT2D eigenvalue weighted by Crippen LogP contribution is -2.19. The van der Waals surface area contributed by atoms with Crippen molar-refractivity contribution in [3.8, 4) is 17.9 Å². The van der Waals surface area contributed by atoms with Crippen molar-refractivity contribution in [3.63, 3.8) is 0 Å². The number of nitriles is 1. The van der Waals surface area contributed by atoms with Crippen LogP contribution in [0.4, 0.5) is 0 Å². The molecule has 1 heterocycles. The number of aromatic nitrogens is 1. The normalized spacial score (nSPS) is 9.96. The van der Waals surface area contributed by atoms with E-state index < -0.39 is 0 Å². The molecule has 0 N–H and O–H groups in total. The van der Waals surface area contributed by atoms with Crippen molar-refractivity contribution in [1.29, 1.82) is 5.26 Å². The summed E-state index contributed by atoms with van der Waals surface area (Å²) in [6.07, 6.45) is 2.74. The zero-order valence-corrected chi connectivity index (χ0v) is 13.2. The van der Waals surface area contributed by atoms with Crippen LogP contribution in [0, 0.1) is 23.2 Å². The Morgan fingerprint density at radius 3 is 2.67 bits per heavy atom. The van der Waals surface area contributed by atoms with E-state index in [1.807, 2.05) is 54.6 Å². The van der Waals surface area contributed by atoms with Gasteiger partial charge in [0.15, 0.2) is 0 Å². The summed E-state index contributed by atoms with van der Waals surface area (Å²) < 4.78 is 1.58. The maximum absolute atomic E-state index is 12.5. The first-order chi connectivity index (χ1) is 11.8. The third kappa shape index (κ3) is 3.54. The Morgan fingerprint density at radius 2 is 1.88 bits per heavy atom. The smallest absolute Gasteiger partial charge is 0.258 e. The highest BCUT2D eigenvalue weighted by atomic mass is 16.1. The van der Waals surface area contributed by atoms with Gasteiger partial charge in [0.1, 0.15) is 0 Å². The quantitative estimate of drug-likeness (QED) is 0.695. The van der Waals surface area contributed by atoms with E-state index in [4.69, 9.17) is 5.26 Å². The van der Waals surface area contributed by atoms with E-state index in [1.165, 1.54) is 5.56 Å². The molecule has 3 heteroatoms. The molecule has 0 bridgehead atoms. The van der Waals surface area contributed by atoms with Gasteiger partial charge >= 0.3 is 0 Å². The first-order valence-corrected chi connectivity index (χ1v) is 7.81. The summed E-state index contributed by atoms with van der Waals surface area (Å²) in [5.41, 5.74) is 1.92. The molecule has 0 unspecified atom stereocenters. The molecule has 116 valence electrons. The molecule has 0 aliphatic heterocycles. The standard InChI is InChI=1S/C21H16N2O/c22-13-5-14-23-15-12-19-11-10-18(16-20(19)21(23)24)9-4-8-17-6-2-1-3-7-17/h1-3,6-7,10-12,15-16H,5,8,14H2. The van der Waals surface area contributed by atoms with E-state index in [-0.39, 0.29) is 5.56 Å². The Labute approximate surface area is 140 Å². The molecule has 0 amide bonds. The molecule has 3 rings (SSSR count). The average Bonchev–Trinajstić information content (AvgIpc) is 2.62. The Balaban J connectivity index is 1.89. The van der Waals surface area contributed by atoms with Crippen LogP contribution in [0.3, 0.4) is 0 Å². The predicted molar refractivity (Wildman–Crippen MR) is 95.5 cm³/mol. The fourth-order valence-corrected chi connectivity index (χ4v) is 2.55. The second kappa shape index (κ2) is 7.31. The molecular weight excluding hydrogens is 296 g/mol. The summed E-state index contributed by atoms with van der Waals surface area (Å²) in [6, 6.07) is 19.7. The van der Waals surface area contributed by atoms with Crippen LogP contribution in [-0.2, 0) is 13.0 Å². The lowest BCUT2D eigenvalue weighted by molar-refractivity contribution is 0.692. The third-order valence-corrected chi connectivity index (χ3v) is 3.81. The van der Waals surface area contributed by atoms with Crippen molar-refractivity contribution in [2.45, 2.75) is 19.4 Å². The van der Waals surface area contributed by atoms with Crippen LogP contribution in [0.1, 0.15) is 17.5 Å². The highest BCUT2D eigenvalue weighted by Gasteiger charge is 2.03. The molecule has 0 atom stereocenters. The second-order valence-electron chi connectivity index (χ2n) is 5.49. The van der Waals surface area contributed by atoms with Gasteiger partial charge in [-0.3, -0.25) is 4.79 Å². The molecule has 0 saturated carbocycles. The summed E-state index contributed by atoms with van der Waals surface area (Å²) in [7, 11) is 0. The Kier molecular flexibility index (Phi) is 4.75. The van der Waals surface area contributed by atoms with Gasteiger partial charge in [-0.15, -0.1) is 0 Å². The Morgan fingerprint density at radius 1 is 1.04 bits per heavy atom. The van der Waals surface area contributed by atoms with Crippen molar-refractivity contribution in [2.24, 2.45) is 0 Å². The number of pyridine rings is 1. The van der Waals surface area contributed by atoms with E-state index in [0.29, 0.717) is 24.8 Å². The van der Waals surface area contributed by atoms with E-state index >= 15 is 0 Å². The van der Waals surface area contributed by atoms with E-state index in [0.717, 1.165) is 10.9 Å². The first kappa shape index (κ1) is 15.6. The van der Waals surface area contributed by atoms with Crippen molar-refractivity contribution in [3.05, 3.63) is 82.3 Å². The minimum Gasteiger partial charge on any atom is -0.314 e. The van der Waals surface area contributed by atoms with Gasteiger partial charge in [-0.05, 0) is 29.1 Å². The van der Waals surface area contributed by atoms with Gasteiger partial charge in [0, 0.05) is 30.1 Å². The molecule has 3 aromatic rings. The molecular formula is C21H16N2O. The second-order valence-corrected chi connectivity index (χ2v) is 5.49. The van der Waals surface area contributed by atoms with Gasteiger partial charge in [0.2, 0.25) is 0 Å². The predicted octanol–water partition coefficient (Wildman–Crippen LogP) is 3.51. The monoisotopic (exact) mass is 312 g/mol. The van der Waals surface area contributed by atoms with Gasteiger partial charge in [-0.2, -0.15) is 5.26 Å². The lowest BCUT2D eigenvalue weighted by atomic mass is 10.1. The fraction of sp³-hybridized carbons (Fsp3) is 0.143. The molecule has 0 aliphatic carbocycles. The SMILES string of the molecule is N#CCCn1ccc2ccc(C#CCc3ccccc3)cc2c1=O. The van der Waals surface area contributed by atoms with E-state index in [9.17, 15) is 4.79 Å². The highest BCUT2D eigenvalue weighted by molar-refractivity contribution is 5.82. The number of hydrogen-bond donors (Lipinski definition) is 0. The minimum absolute atomic E-state index is 0.0746. The Hall–Kier alpha value is -3.30. The summed E-state index contributed by atoms with van der Waals surface area (Å²) in [6.45, 7) is 0.412. The number of benzene rings is 2. The number of fused-ring (bicyclic) bond motifs is 1. The maximum Gasteiger partial charge on any atom is 0.258 e. The largest absolute Gasteiger partial charge is 0.314 e. The van der Waals surface area contributed by atoms with Crippen LogP contribution >= 0.6 is 0 Å². The van der Waals surface area contributed by atoms with Crippen LogP contribution in [-0.4, -0.2) is 4.57 Å². The van der Waals surface area contributed by atoms with Crippen LogP contribution in [0.2, 0.25) is 0 Å². The van der Waals surface area contributed by atoms with Crippen LogP contribution in [0.5, 0.6) is 0 Å². The van der Waals surface area contributed by atoms with E-state index in [2.05, 4.69) is 17.9 Å². The Bertz CT molecular complexity index is 1010. The van der Waals surface area contributed by atoms with Crippen LogP contribution in [0.25, 0.3) is 10.8 Å². The number of hydrogen-bond acceptors (Lipinski definition) is 2. The van der Waals surface area contributed by atoms with Crippen LogP contribution < -0.4 is 5.56 Å². The molecule has 0 fully saturated rings. The zero-order chi connectivity index (χ0) is 16.8. The zero-order valence-electron chi connectivity index (χ0n) is 13.2. The molecule has 0 spiro atoms. The summed E-state index contributed by atoms with van der Waals surface area (Å²) in [4.78, 5) is 12.5. The summed E-state index contributed by atoms with van der Waals surface area (Å²) in [5.74, 6) is 6.27. The van der Waals surface area contributed by atoms with Gasteiger partial charge in [0.05, 0.1) is 12.5 Å². The molecule has 0 radical (unpaired) electrons. The molecule has 1 aromatic heterocycles. The fourth-order valence-electron chi connectivity index (χ4n) is 2.55. The summed E-state index contributed by atoms with van der Waals surface area (Å²) in [5, 5.41) is 10.2. The van der Waals surface area contributed by atoms with Crippen molar-refractivity contribution >= 4 is 10.8 Å². The topological polar surface area (TPSA) is 45.8 Å². The number of nitrogens with zero attached hydrogens (tertiary/aromatic N) is 2. The van der Waals surface area contributed by atoms with Gasteiger partial charge in [-0.25, -0.2) is 0 Å². The molecule has 0 aliphatic rings. The molecule has 0 saturated heterocycles. The van der Waals surface area contributed by atoms with Crippen molar-refractivity contribution in [1.82, 2.24) is 4.57 Å².